The molecule has 5 heteroatoms. The number of nitrogens with one attached hydrogen (secondary N) is 1. The van der Waals surface area contributed by atoms with Crippen LogP contribution in [0.25, 0.3) is 10.4 Å². The van der Waals surface area contributed by atoms with E-state index in [1.54, 1.807) is 42.5 Å². The lowest BCUT2D eigenvalue weighted by atomic mass is 10.2. The number of amides is 1. The van der Waals surface area contributed by atoms with E-state index in [1.807, 2.05) is 12.1 Å². The number of nitriles is 1. The summed E-state index contributed by atoms with van der Waals surface area (Å²) in [6.45, 7) is 0. The summed E-state index contributed by atoms with van der Waals surface area (Å²) in [6.07, 6.45) is 0. The van der Waals surface area contributed by atoms with Crippen molar-refractivity contribution in [3.05, 3.63) is 76.9 Å². The van der Waals surface area contributed by atoms with Crippen LogP contribution in [0.3, 0.4) is 0 Å². The largest absolute Gasteiger partial charge is 0.321 e. The van der Waals surface area contributed by atoms with E-state index in [0.29, 0.717) is 16.1 Å². The van der Waals surface area contributed by atoms with Gasteiger partial charge in [0.1, 0.15) is 5.82 Å². The van der Waals surface area contributed by atoms with Crippen LogP contribution in [-0.4, -0.2) is 5.91 Å². The lowest BCUT2D eigenvalue weighted by Crippen LogP contribution is -2.09. The number of rotatable bonds is 3. The van der Waals surface area contributed by atoms with Gasteiger partial charge in [-0.25, -0.2) is 4.39 Å². The average Bonchev–Trinajstić information content (AvgIpc) is 3.06. The van der Waals surface area contributed by atoms with E-state index >= 15 is 0 Å². The van der Waals surface area contributed by atoms with Crippen LogP contribution >= 0.6 is 11.3 Å². The Morgan fingerprint density at radius 2 is 1.87 bits per heavy atom. The number of thiophene rings is 1. The minimum atomic E-state index is -0.291. The molecule has 23 heavy (non-hydrogen) atoms. The third-order valence-electron chi connectivity index (χ3n) is 3.21. The molecule has 0 unspecified atom stereocenters. The van der Waals surface area contributed by atoms with Crippen molar-refractivity contribution < 1.29 is 9.18 Å². The quantitative estimate of drug-likeness (QED) is 0.761. The Bertz CT molecular complexity index is 894. The molecule has 0 fully saturated rings. The molecule has 3 nitrogen and oxygen atoms in total. The van der Waals surface area contributed by atoms with Crippen molar-refractivity contribution in [2.24, 2.45) is 0 Å². The summed E-state index contributed by atoms with van der Waals surface area (Å²) >= 11 is 1.33. The first-order chi connectivity index (χ1) is 11.2. The second-order valence-electron chi connectivity index (χ2n) is 4.82. The van der Waals surface area contributed by atoms with E-state index in [2.05, 4.69) is 5.32 Å². The summed E-state index contributed by atoms with van der Waals surface area (Å²) in [5, 5.41) is 11.6. The highest BCUT2D eigenvalue weighted by atomic mass is 32.1. The van der Waals surface area contributed by atoms with Crippen molar-refractivity contribution in [1.82, 2.24) is 0 Å². The fourth-order valence-electron chi connectivity index (χ4n) is 2.09. The number of carbonyl (C=O) groups excluding carboxylic acids is 1. The standard InChI is InChI=1S/C18H11FN2OS/c19-14-6-4-13(5-7-14)16-8-9-17(23-16)18(22)21-15-3-1-2-12(10-15)11-20/h1-10H,(H,21,22). The fourth-order valence-corrected chi connectivity index (χ4v) is 3.00. The Balaban J connectivity index is 1.78. The highest BCUT2D eigenvalue weighted by molar-refractivity contribution is 7.17. The minimum Gasteiger partial charge on any atom is -0.321 e. The van der Waals surface area contributed by atoms with Crippen molar-refractivity contribution in [2.45, 2.75) is 0 Å². The Kier molecular flexibility index (Phi) is 4.18. The molecule has 1 N–H and O–H groups in total. The molecule has 0 saturated carbocycles. The Labute approximate surface area is 136 Å². The van der Waals surface area contributed by atoms with Crippen molar-refractivity contribution >= 4 is 22.9 Å². The number of hydrogen-bond acceptors (Lipinski definition) is 3. The Morgan fingerprint density at radius 1 is 1.09 bits per heavy atom. The van der Waals surface area contributed by atoms with Gasteiger partial charge < -0.3 is 5.32 Å². The van der Waals surface area contributed by atoms with Crippen LogP contribution in [0.1, 0.15) is 15.2 Å². The van der Waals surface area contributed by atoms with Gasteiger partial charge in [-0.15, -0.1) is 11.3 Å². The van der Waals surface area contributed by atoms with Crippen molar-refractivity contribution in [2.75, 3.05) is 5.32 Å². The predicted octanol–water partition coefficient (Wildman–Crippen LogP) is 4.68. The van der Waals surface area contributed by atoms with E-state index in [0.717, 1.165) is 10.4 Å². The van der Waals surface area contributed by atoms with E-state index in [-0.39, 0.29) is 11.7 Å². The molecule has 1 aromatic heterocycles. The van der Waals surface area contributed by atoms with E-state index in [9.17, 15) is 9.18 Å². The second kappa shape index (κ2) is 6.42. The normalized spacial score (nSPS) is 10.1. The molecule has 0 aliphatic rings. The smallest absolute Gasteiger partial charge is 0.265 e. The fraction of sp³-hybridized carbons (Fsp3) is 0. The van der Waals surface area contributed by atoms with Crippen LogP contribution < -0.4 is 5.32 Å². The molecule has 0 spiro atoms. The van der Waals surface area contributed by atoms with Gasteiger partial charge in [-0.05, 0) is 48.0 Å². The number of anilines is 1. The zero-order valence-electron chi connectivity index (χ0n) is 11.9. The van der Waals surface area contributed by atoms with Gasteiger partial charge in [-0.1, -0.05) is 18.2 Å². The Hall–Kier alpha value is -2.97. The second-order valence-corrected chi connectivity index (χ2v) is 5.90. The molecule has 0 saturated heterocycles. The van der Waals surface area contributed by atoms with E-state index < -0.39 is 0 Å². The molecule has 0 aliphatic heterocycles. The number of benzene rings is 2. The maximum absolute atomic E-state index is 13.0. The molecule has 1 amide bonds. The van der Waals surface area contributed by atoms with Gasteiger partial charge in [0.25, 0.3) is 5.91 Å². The van der Waals surface area contributed by atoms with Crippen LogP contribution in [-0.2, 0) is 0 Å². The van der Waals surface area contributed by atoms with Gasteiger partial charge in [0.2, 0.25) is 0 Å². The maximum atomic E-state index is 13.0. The Morgan fingerprint density at radius 3 is 2.61 bits per heavy atom. The van der Waals surface area contributed by atoms with Crippen LogP contribution in [0.5, 0.6) is 0 Å². The molecule has 2 aromatic carbocycles. The van der Waals surface area contributed by atoms with Crippen LogP contribution in [0, 0.1) is 17.1 Å². The van der Waals surface area contributed by atoms with Gasteiger partial charge in [0.05, 0.1) is 16.5 Å². The minimum absolute atomic E-state index is 0.238. The number of halogens is 1. The molecular weight excluding hydrogens is 311 g/mol. The number of nitrogens with zero attached hydrogens (tertiary/aromatic N) is 1. The van der Waals surface area contributed by atoms with Gasteiger partial charge in [-0.3, -0.25) is 4.79 Å². The van der Waals surface area contributed by atoms with Crippen molar-refractivity contribution in [1.29, 1.82) is 5.26 Å². The summed E-state index contributed by atoms with van der Waals surface area (Å²) in [7, 11) is 0. The first kappa shape index (κ1) is 14.9. The lowest BCUT2D eigenvalue weighted by molar-refractivity contribution is 0.103. The molecular formula is C18H11FN2OS. The van der Waals surface area contributed by atoms with Crippen molar-refractivity contribution in [3.63, 3.8) is 0 Å². The van der Waals surface area contributed by atoms with Gasteiger partial charge in [0.15, 0.2) is 0 Å². The molecule has 1 heterocycles. The van der Waals surface area contributed by atoms with E-state index in [4.69, 9.17) is 5.26 Å². The zero-order valence-corrected chi connectivity index (χ0v) is 12.7. The average molecular weight is 322 g/mol. The summed E-state index contributed by atoms with van der Waals surface area (Å²) < 4.78 is 13.0. The molecule has 112 valence electrons. The van der Waals surface area contributed by atoms with Crippen molar-refractivity contribution in [3.8, 4) is 16.5 Å². The number of hydrogen-bond donors (Lipinski definition) is 1. The van der Waals surface area contributed by atoms with Gasteiger partial charge >= 0.3 is 0 Å². The summed E-state index contributed by atoms with van der Waals surface area (Å²) in [5.41, 5.74) is 1.92. The predicted molar refractivity (Wildman–Crippen MR) is 88.8 cm³/mol. The number of carbonyl (C=O) groups is 1. The molecule has 3 rings (SSSR count). The first-order valence-corrected chi connectivity index (χ1v) is 7.64. The summed E-state index contributed by atoms with van der Waals surface area (Å²) in [4.78, 5) is 13.7. The molecule has 0 radical (unpaired) electrons. The molecule has 0 bridgehead atoms. The third-order valence-corrected chi connectivity index (χ3v) is 4.34. The van der Waals surface area contributed by atoms with Gasteiger partial charge in [0, 0.05) is 10.6 Å². The SMILES string of the molecule is N#Cc1cccc(NC(=O)c2ccc(-c3ccc(F)cc3)s2)c1. The monoisotopic (exact) mass is 322 g/mol. The van der Waals surface area contributed by atoms with Crippen LogP contribution in [0.2, 0.25) is 0 Å². The topological polar surface area (TPSA) is 52.9 Å². The van der Waals surface area contributed by atoms with Crippen LogP contribution in [0.4, 0.5) is 10.1 Å². The summed E-state index contributed by atoms with van der Waals surface area (Å²) in [5.74, 6) is -0.529. The van der Waals surface area contributed by atoms with Gasteiger partial charge in [-0.2, -0.15) is 5.26 Å². The molecule has 0 aliphatic carbocycles. The summed E-state index contributed by atoms with van der Waals surface area (Å²) in [6, 6.07) is 18.5. The lowest BCUT2D eigenvalue weighted by Gasteiger charge is -2.03. The maximum Gasteiger partial charge on any atom is 0.265 e. The highest BCUT2D eigenvalue weighted by Gasteiger charge is 2.11. The first-order valence-electron chi connectivity index (χ1n) is 6.83. The molecule has 3 aromatic rings. The van der Waals surface area contributed by atoms with Crippen LogP contribution in [0.15, 0.2) is 60.7 Å². The zero-order chi connectivity index (χ0) is 16.2. The van der Waals surface area contributed by atoms with E-state index in [1.165, 1.54) is 23.5 Å². The molecule has 0 atom stereocenters. The highest BCUT2D eigenvalue weighted by Crippen LogP contribution is 2.28. The third kappa shape index (κ3) is 3.44.